The van der Waals surface area contributed by atoms with Crippen molar-refractivity contribution in [3.8, 4) is 0 Å². The second-order valence-electron chi connectivity index (χ2n) is 2.96. The van der Waals surface area contributed by atoms with Crippen LogP contribution in [0.1, 0.15) is 17.4 Å². The summed E-state index contributed by atoms with van der Waals surface area (Å²) in [6, 6.07) is 2.11. The largest absolute Gasteiger partial charge is 0.467 e. The van der Waals surface area contributed by atoms with Crippen molar-refractivity contribution in [1.82, 2.24) is 15.5 Å². The normalized spacial score (nSPS) is 11.7. The summed E-state index contributed by atoms with van der Waals surface area (Å²) >= 11 is 5.52. The first-order valence-electron chi connectivity index (χ1n) is 4.42. The third kappa shape index (κ3) is 3.16. The zero-order valence-electron chi connectivity index (χ0n) is 8.73. The summed E-state index contributed by atoms with van der Waals surface area (Å²) in [5.74, 6) is -1.04. The van der Waals surface area contributed by atoms with Gasteiger partial charge >= 0.3 is 5.97 Å². The molecule has 0 saturated heterocycles. The van der Waals surface area contributed by atoms with Gasteiger partial charge < -0.3 is 10.1 Å². The number of methoxy groups -OCH3 is 1. The summed E-state index contributed by atoms with van der Waals surface area (Å²) in [5, 5.41) is 9.68. The van der Waals surface area contributed by atoms with E-state index in [0.717, 1.165) is 0 Å². The van der Waals surface area contributed by atoms with Crippen LogP contribution in [0, 0.1) is 0 Å². The van der Waals surface area contributed by atoms with Gasteiger partial charge in [-0.15, -0.1) is 10.2 Å². The smallest absolute Gasteiger partial charge is 0.328 e. The molecule has 6 nitrogen and oxygen atoms in total. The molecule has 0 radical (unpaired) electrons. The maximum absolute atomic E-state index is 11.5. The molecule has 0 spiro atoms. The summed E-state index contributed by atoms with van der Waals surface area (Å²) in [6.07, 6.45) is 0. The summed E-state index contributed by atoms with van der Waals surface area (Å²) in [5.41, 5.74) is 0.0835. The van der Waals surface area contributed by atoms with Crippen LogP contribution in [0.5, 0.6) is 0 Å². The average molecular weight is 244 g/mol. The van der Waals surface area contributed by atoms with Crippen LogP contribution in [-0.2, 0) is 9.53 Å². The van der Waals surface area contributed by atoms with E-state index in [9.17, 15) is 9.59 Å². The first kappa shape index (κ1) is 12.4. The second-order valence-corrected chi connectivity index (χ2v) is 3.35. The number of carbonyl (C=O) groups excluding carboxylic acids is 2. The van der Waals surface area contributed by atoms with E-state index >= 15 is 0 Å². The van der Waals surface area contributed by atoms with Crippen LogP contribution < -0.4 is 5.32 Å². The van der Waals surface area contributed by atoms with Crippen LogP contribution in [0.2, 0.25) is 5.15 Å². The van der Waals surface area contributed by atoms with Crippen molar-refractivity contribution in [3.63, 3.8) is 0 Å². The molecule has 1 heterocycles. The van der Waals surface area contributed by atoms with Crippen LogP contribution in [-0.4, -0.2) is 35.2 Å². The Balaban J connectivity index is 2.65. The van der Waals surface area contributed by atoms with Gasteiger partial charge in [0.1, 0.15) is 6.04 Å². The lowest BCUT2D eigenvalue weighted by Gasteiger charge is -2.10. The predicted octanol–water partition coefficient (Wildman–Crippen LogP) is 0.421. The lowest BCUT2D eigenvalue weighted by molar-refractivity contribution is -0.142. The molecule has 0 bridgehead atoms. The van der Waals surface area contributed by atoms with E-state index < -0.39 is 17.9 Å². The fourth-order valence-electron chi connectivity index (χ4n) is 0.943. The van der Waals surface area contributed by atoms with Gasteiger partial charge in [-0.05, 0) is 19.1 Å². The third-order valence-electron chi connectivity index (χ3n) is 1.77. The highest BCUT2D eigenvalue weighted by molar-refractivity contribution is 6.29. The van der Waals surface area contributed by atoms with Crippen molar-refractivity contribution in [2.45, 2.75) is 13.0 Å². The fourth-order valence-corrected chi connectivity index (χ4v) is 1.04. The molecule has 0 unspecified atom stereocenters. The molecule has 16 heavy (non-hydrogen) atoms. The summed E-state index contributed by atoms with van der Waals surface area (Å²) in [6.45, 7) is 1.51. The maximum Gasteiger partial charge on any atom is 0.328 e. The molecule has 0 aliphatic heterocycles. The van der Waals surface area contributed by atoms with Gasteiger partial charge in [0.05, 0.1) is 7.11 Å². The molecule has 0 aliphatic rings. The Morgan fingerprint density at radius 1 is 1.44 bits per heavy atom. The number of amides is 1. The third-order valence-corrected chi connectivity index (χ3v) is 1.97. The molecule has 1 rings (SSSR count). The molecule has 1 aromatic rings. The highest BCUT2D eigenvalue weighted by Crippen LogP contribution is 2.02. The Morgan fingerprint density at radius 3 is 2.62 bits per heavy atom. The van der Waals surface area contributed by atoms with E-state index in [1.54, 1.807) is 0 Å². The SMILES string of the molecule is COC(=O)[C@H](C)NC(=O)c1ccc(Cl)nn1. The molecule has 0 saturated carbocycles. The van der Waals surface area contributed by atoms with Gasteiger partial charge in [0.25, 0.3) is 5.91 Å². The molecule has 0 aliphatic carbocycles. The topological polar surface area (TPSA) is 81.2 Å². The number of nitrogens with one attached hydrogen (secondary N) is 1. The summed E-state index contributed by atoms with van der Waals surface area (Å²) in [4.78, 5) is 22.6. The van der Waals surface area contributed by atoms with Crippen molar-refractivity contribution < 1.29 is 14.3 Å². The van der Waals surface area contributed by atoms with E-state index in [0.29, 0.717) is 0 Å². The predicted molar refractivity (Wildman–Crippen MR) is 56.0 cm³/mol. The van der Waals surface area contributed by atoms with Crippen molar-refractivity contribution in [3.05, 3.63) is 23.0 Å². The quantitative estimate of drug-likeness (QED) is 0.779. The number of aromatic nitrogens is 2. The molecule has 86 valence electrons. The Hall–Kier alpha value is -1.69. The second kappa shape index (κ2) is 5.41. The Morgan fingerprint density at radius 2 is 2.12 bits per heavy atom. The monoisotopic (exact) mass is 243 g/mol. The number of hydrogen-bond donors (Lipinski definition) is 1. The van der Waals surface area contributed by atoms with Gasteiger partial charge in [0.15, 0.2) is 10.8 Å². The number of ether oxygens (including phenoxy) is 1. The minimum Gasteiger partial charge on any atom is -0.467 e. The molecule has 0 aromatic carbocycles. The maximum atomic E-state index is 11.5. The lowest BCUT2D eigenvalue weighted by atomic mass is 10.3. The summed E-state index contributed by atoms with van der Waals surface area (Å²) in [7, 11) is 1.24. The molecule has 1 atom stereocenters. The van der Waals surface area contributed by atoms with Crippen LogP contribution in [0.3, 0.4) is 0 Å². The number of carbonyl (C=O) groups is 2. The number of esters is 1. The number of rotatable bonds is 3. The highest BCUT2D eigenvalue weighted by atomic mass is 35.5. The summed E-state index contributed by atoms with van der Waals surface area (Å²) < 4.78 is 4.46. The van der Waals surface area contributed by atoms with E-state index in [1.807, 2.05) is 0 Å². The first-order valence-corrected chi connectivity index (χ1v) is 4.80. The zero-order chi connectivity index (χ0) is 12.1. The Kier molecular flexibility index (Phi) is 4.19. The molecule has 0 fully saturated rings. The number of halogens is 1. The number of hydrogen-bond acceptors (Lipinski definition) is 5. The fraction of sp³-hybridized carbons (Fsp3) is 0.333. The Labute approximate surface area is 97.0 Å². The van der Waals surface area contributed by atoms with Crippen molar-refractivity contribution in [1.29, 1.82) is 0 Å². The minimum absolute atomic E-state index is 0.0835. The Bertz CT molecular complexity index is 393. The average Bonchev–Trinajstić information content (AvgIpc) is 2.28. The highest BCUT2D eigenvalue weighted by Gasteiger charge is 2.17. The molecule has 1 amide bonds. The van der Waals surface area contributed by atoms with Crippen LogP contribution in [0.15, 0.2) is 12.1 Å². The first-order chi connectivity index (χ1) is 7.54. The van der Waals surface area contributed by atoms with Gasteiger partial charge in [-0.1, -0.05) is 11.6 Å². The molecule has 7 heteroatoms. The zero-order valence-corrected chi connectivity index (χ0v) is 9.49. The van der Waals surface area contributed by atoms with E-state index in [1.165, 1.54) is 26.2 Å². The molecule has 1 aromatic heterocycles. The van der Waals surface area contributed by atoms with Crippen LogP contribution in [0.25, 0.3) is 0 Å². The van der Waals surface area contributed by atoms with Gasteiger partial charge in [-0.3, -0.25) is 4.79 Å². The van der Waals surface area contributed by atoms with Crippen molar-refractivity contribution >= 4 is 23.5 Å². The van der Waals surface area contributed by atoms with Crippen LogP contribution in [0.4, 0.5) is 0 Å². The number of nitrogens with zero attached hydrogens (tertiary/aromatic N) is 2. The minimum atomic E-state index is -0.741. The van der Waals surface area contributed by atoms with Gasteiger partial charge in [-0.25, -0.2) is 4.79 Å². The van der Waals surface area contributed by atoms with Crippen LogP contribution >= 0.6 is 11.6 Å². The van der Waals surface area contributed by atoms with Gasteiger partial charge in [-0.2, -0.15) is 0 Å². The van der Waals surface area contributed by atoms with E-state index in [2.05, 4.69) is 20.3 Å². The standard InChI is InChI=1S/C9H10ClN3O3/c1-5(9(15)16-2)11-8(14)6-3-4-7(10)13-12-6/h3-5H,1-2H3,(H,11,14)/t5-/m0/s1. The van der Waals surface area contributed by atoms with Crippen molar-refractivity contribution in [2.24, 2.45) is 0 Å². The van der Waals surface area contributed by atoms with Gasteiger partial charge in [0, 0.05) is 0 Å². The molecular weight excluding hydrogens is 234 g/mol. The molecule has 1 N–H and O–H groups in total. The molecular formula is C9H10ClN3O3. The van der Waals surface area contributed by atoms with Crippen molar-refractivity contribution in [2.75, 3.05) is 7.11 Å². The van der Waals surface area contributed by atoms with E-state index in [-0.39, 0.29) is 10.8 Å². The van der Waals surface area contributed by atoms with E-state index in [4.69, 9.17) is 11.6 Å². The van der Waals surface area contributed by atoms with Gasteiger partial charge in [0.2, 0.25) is 0 Å². The lowest BCUT2D eigenvalue weighted by Crippen LogP contribution is -2.39.